The first-order chi connectivity index (χ1) is 12.2. The Bertz CT molecular complexity index is 946. The lowest BCUT2D eigenvalue weighted by Gasteiger charge is -2.10. The lowest BCUT2D eigenvalue weighted by molar-refractivity contribution is 0.102. The number of hydrogen-bond acceptors (Lipinski definition) is 7. The number of aromatic nitrogens is 1. The molecular weight excluding hydrogens is 392 g/mol. The first-order valence-corrected chi connectivity index (χ1v) is 10.9. The summed E-state index contributed by atoms with van der Waals surface area (Å²) in [6.45, 7) is 5.25. The van der Waals surface area contributed by atoms with Gasteiger partial charge in [-0.3, -0.25) is 10.1 Å². The van der Waals surface area contributed by atoms with Gasteiger partial charge in [0.1, 0.15) is 0 Å². The molecule has 0 atom stereocenters. The molecule has 0 bridgehead atoms. The fraction of sp³-hybridized carbons (Fsp3) is 0.312. The highest BCUT2D eigenvalue weighted by Gasteiger charge is 2.18. The van der Waals surface area contributed by atoms with Gasteiger partial charge in [0.25, 0.3) is 5.91 Å². The Morgan fingerprint density at radius 3 is 2.81 bits per heavy atom. The fourth-order valence-electron chi connectivity index (χ4n) is 2.02. The number of benzene rings is 1. The number of nitriles is 1. The van der Waals surface area contributed by atoms with Crippen molar-refractivity contribution in [1.29, 1.82) is 5.26 Å². The molecule has 26 heavy (non-hydrogen) atoms. The Morgan fingerprint density at radius 1 is 1.42 bits per heavy atom. The van der Waals surface area contributed by atoms with E-state index in [1.54, 1.807) is 20.8 Å². The van der Waals surface area contributed by atoms with Gasteiger partial charge in [-0.1, -0.05) is 29.2 Å². The van der Waals surface area contributed by atoms with E-state index >= 15 is 0 Å². The van der Waals surface area contributed by atoms with Crippen LogP contribution in [0.4, 0.5) is 5.13 Å². The average Bonchev–Trinajstić information content (AvgIpc) is 2.91. The van der Waals surface area contributed by atoms with Gasteiger partial charge in [0.05, 0.1) is 26.6 Å². The van der Waals surface area contributed by atoms with Crippen molar-refractivity contribution in [1.82, 2.24) is 9.71 Å². The molecule has 0 aliphatic heterocycles. The Labute approximate surface area is 160 Å². The number of thioether (sulfide) groups is 1. The van der Waals surface area contributed by atoms with Crippen LogP contribution in [0.25, 0.3) is 0 Å². The summed E-state index contributed by atoms with van der Waals surface area (Å²) in [4.78, 5) is 16.7. The molecule has 1 amide bonds. The smallest absolute Gasteiger partial charge is 0.257 e. The van der Waals surface area contributed by atoms with Gasteiger partial charge in [0, 0.05) is 11.6 Å². The summed E-state index contributed by atoms with van der Waals surface area (Å²) in [7, 11) is -3.68. The Balaban J connectivity index is 2.18. The Morgan fingerprint density at radius 2 is 2.15 bits per heavy atom. The average molecular weight is 411 g/mol. The predicted octanol–water partition coefficient (Wildman–Crippen LogP) is 3.01. The summed E-state index contributed by atoms with van der Waals surface area (Å²) in [6, 6.07) is 7.61. The summed E-state index contributed by atoms with van der Waals surface area (Å²) >= 11 is 2.64. The maximum Gasteiger partial charge on any atom is 0.257 e. The second-order valence-electron chi connectivity index (χ2n) is 5.60. The van der Waals surface area contributed by atoms with E-state index in [0.29, 0.717) is 10.9 Å². The third kappa shape index (κ3) is 5.28. The summed E-state index contributed by atoms with van der Waals surface area (Å²) in [6.07, 6.45) is 0. The van der Waals surface area contributed by atoms with Crippen molar-refractivity contribution in [3.8, 4) is 6.07 Å². The summed E-state index contributed by atoms with van der Waals surface area (Å²) in [5, 5.41) is 11.7. The molecule has 10 heteroatoms. The van der Waals surface area contributed by atoms with Crippen molar-refractivity contribution in [2.75, 3.05) is 11.1 Å². The van der Waals surface area contributed by atoms with Crippen molar-refractivity contribution in [3.05, 3.63) is 35.5 Å². The van der Waals surface area contributed by atoms with Gasteiger partial charge in [-0.25, -0.2) is 18.1 Å². The largest absolute Gasteiger partial charge is 0.298 e. The number of nitrogens with zero attached hydrogens (tertiary/aromatic N) is 2. The van der Waals surface area contributed by atoms with Crippen molar-refractivity contribution < 1.29 is 13.2 Å². The number of rotatable bonds is 7. The highest BCUT2D eigenvalue weighted by atomic mass is 32.2. The standard InChI is InChI=1S/C16H18N4O3S3/c1-10(2)20-26(22,23)13-6-4-5-12(9-13)14(21)19-16-18-11(3)15(25-16)24-8-7-17/h4-6,9-10,20H,8H2,1-3H3,(H,18,19,21). The van der Waals surface area contributed by atoms with Gasteiger partial charge in [0.15, 0.2) is 5.13 Å². The molecule has 1 heterocycles. The van der Waals surface area contributed by atoms with Crippen LogP contribution >= 0.6 is 23.1 Å². The zero-order chi connectivity index (χ0) is 19.3. The molecule has 138 valence electrons. The number of aryl methyl sites for hydroxylation is 1. The van der Waals surface area contributed by atoms with Gasteiger partial charge in [-0.15, -0.1) is 0 Å². The van der Waals surface area contributed by atoms with Crippen LogP contribution in [0.2, 0.25) is 0 Å². The lowest BCUT2D eigenvalue weighted by Crippen LogP contribution is -2.30. The summed E-state index contributed by atoms with van der Waals surface area (Å²) < 4.78 is 27.8. The molecule has 0 aliphatic rings. The number of sulfonamides is 1. The second-order valence-corrected chi connectivity index (χ2v) is 9.55. The predicted molar refractivity (Wildman–Crippen MR) is 103 cm³/mol. The number of carbonyl (C=O) groups excluding carboxylic acids is 1. The van der Waals surface area contributed by atoms with Crippen LogP contribution in [0.5, 0.6) is 0 Å². The van der Waals surface area contributed by atoms with Crippen LogP contribution in [0.15, 0.2) is 33.4 Å². The number of thiazole rings is 1. The highest BCUT2D eigenvalue weighted by Crippen LogP contribution is 2.32. The minimum absolute atomic E-state index is 0.0273. The monoisotopic (exact) mass is 410 g/mol. The highest BCUT2D eigenvalue weighted by molar-refractivity contribution is 8.01. The van der Waals surface area contributed by atoms with Gasteiger partial charge in [0.2, 0.25) is 10.0 Å². The number of anilines is 1. The molecule has 2 N–H and O–H groups in total. The molecule has 0 spiro atoms. The molecular formula is C16H18N4O3S3. The zero-order valence-electron chi connectivity index (χ0n) is 14.4. The molecule has 1 aromatic carbocycles. The quantitative estimate of drug-likeness (QED) is 0.679. The molecule has 0 saturated carbocycles. The number of carbonyl (C=O) groups is 1. The molecule has 0 unspecified atom stereocenters. The van der Waals surface area contributed by atoms with E-state index in [2.05, 4.69) is 15.0 Å². The van der Waals surface area contributed by atoms with E-state index < -0.39 is 15.9 Å². The van der Waals surface area contributed by atoms with Crippen LogP contribution in [0.1, 0.15) is 29.9 Å². The Kier molecular flexibility index (Phi) is 6.77. The van der Waals surface area contributed by atoms with Gasteiger partial charge < -0.3 is 0 Å². The second kappa shape index (κ2) is 8.64. The van der Waals surface area contributed by atoms with E-state index in [9.17, 15) is 13.2 Å². The van der Waals surface area contributed by atoms with Crippen molar-refractivity contribution in [2.45, 2.75) is 35.9 Å². The summed E-state index contributed by atoms with van der Waals surface area (Å²) in [5.74, 6) is -0.142. The van der Waals surface area contributed by atoms with E-state index in [0.717, 1.165) is 9.90 Å². The third-order valence-corrected chi connectivity index (χ3v) is 7.00. The van der Waals surface area contributed by atoms with Gasteiger partial charge in [-0.2, -0.15) is 5.26 Å². The maximum atomic E-state index is 12.4. The number of hydrogen-bond donors (Lipinski definition) is 2. The van der Waals surface area contributed by atoms with E-state index in [1.807, 2.05) is 6.07 Å². The number of amides is 1. The molecule has 0 radical (unpaired) electrons. The van der Waals surface area contributed by atoms with Crippen molar-refractivity contribution in [3.63, 3.8) is 0 Å². The van der Waals surface area contributed by atoms with Crippen molar-refractivity contribution in [2.24, 2.45) is 0 Å². The minimum Gasteiger partial charge on any atom is -0.298 e. The van der Waals surface area contributed by atoms with Crippen LogP contribution in [0.3, 0.4) is 0 Å². The normalized spacial score (nSPS) is 11.3. The summed E-state index contributed by atoms with van der Waals surface area (Å²) in [5.41, 5.74) is 0.957. The van der Waals surface area contributed by atoms with Crippen molar-refractivity contribution >= 4 is 44.2 Å². The van der Waals surface area contributed by atoms with E-state index in [1.165, 1.54) is 47.4 Å². The topological polar surface area (TPSA) is 112 Å². The molecule has 1 aromatic heterocycles. The molecule has 0 saturated heterocycles. The first-order valence-electron chi connectivity index (χ1n) is 7.64. The zero-order valence-corrected chi connectivity index (χ0v) is 16.9. The molecule has 2 rings (SSSR count). The molecule has 0 aliphatic carbocycles. The van der Waals surface area contributed by atoms with Crippen LogP contribution in [0, 0.1) is 18.3 Å². The molecule has 2 aromatic rings. The van der Waals surface area contributed by atoms with Crippen LogP contribution in [-0.4, -0.2) is 31.1 Å². The van der Waals surface area contributed by atoms with E-state index in [-0.39, 0.29) is 16.5 Å². The fourth-order valence-corrected chi connectivity index (χ4v) is 5.11. The van der Waals surface area contributed by atoms with Crippen LogP contribution < -0.4 is 10.0 Å². The maximum absolute atomic E-state index is 12.4. The molecule has 7 nitrogen and oxygen atoms in total. The minimum atomic E-state index is -3.68. The SMILES string of the molecule is Cc1nc(NC(=O)c2cccc(S(=O)(=O)NC(C)C)c2)sc1SCC#N. The Hall–Kier alpha value is -1.93. The van der Waals surface area contributed by atoms with Crippen LogP contribution in [-0.2, 0) is 10.0 Å². The van der Waals surface area contributed by atoms with Gasteiger partial charge in [-0.05, 0) is 39.0 Å². The van der Waals surface area contributed by atoms with Gasteiger partial charge >= 0.3 is 0 Å². The van der Waals surface area contributed by atoms with E-state index in [4.69, 9.17) is 5.26 Å². The lowest BCUT2D eigenvalue weighted by atomic mass is 10.2. The number of nitrogens with one attached hydrogen (secondary N) is 2. The third-order valence-electron chi connectivity index (χ3n) is 3.04. The molecule has 0 fully saturated rings. The first kappa shape index (κ1) is 20.4.